The first-order valence-electron chi connectivity index (χ1n) is 7.18. The van der Waals surface area contributed by atoms with Gasteiger partial charge in [0.15, 0.2) is 13.9 Å². The van der Waals surface area contributed by atoms with Crippen LogP contribution < -0.4 is 4.74 Å². The maximum atomic E-state index is 9.81. The van der Waals surface area contributed by atoms with Gasteiger partial charge in [0.1, 0.15) is 11.8 Å². The molecule has 5 heteroatoms. The summed E-state index contributed by atoms with van der Waals surface area (Å²) in [6.07, 6.45) is 1.42. The van der Waals surface area contributed by atoms with Crippen LogP contribution in [-0.4, -0.2) is 22.5 Å². The minimum absolute atomic E-state index is 0.0122. The van der Waals surface area contributed by atoms with Gasteiger partial charge in [0.05, 0.1) is 13.2 Å². The molecule has 0 saturated carbocycles. The Hall–Kier alpha value is -1.35. The standard InChI is InChI=1S/C16H23NO3Si/c1-18-12-6-7-14-13(10-12)15(19-2)8-9-16(14,11-17)20-21(3,4)5/h6-7,10,15H,8-9H2,1-5H3. The summed E-state index contributed by atoms with van der Waals surface area (Å²) in [6, 6.07) is 8.22. The van der Waals surface area contributed by atoms with E-state index in [0.717, 1.165) is 23.3 Å². The first-order chi connectivity index (χ1) is 9.85. The van der Waals surface area contributed by atoms with E-state index in [1.165, 1.54) is 0 Å². The van der Waals surface area contributed by atoms with E-state index in [0.29, 0.717) is 6.42 Å². The van der Waals surface area contributed by atoms with Gasteiger partial charge in [-0.3, -0.25) is 0 Å². The summed E-state index contributed by atoms with van der Waals surface area (Å²) in [4.78, 5) is 0. The molecule has 0 amide bonds. The fraction of sp³-hybridized carbons (Fsp3) is 0.562. The zero-order chi connectivity index (χ0) is 15.7. The van der Waals surface area contributed by atoms with Gasteiger partial charge in [-0.05, 0) is 50.2 Å². The van der Waals surface area contributed by atoms with Crippen molar-refractivity contribution in [3.05, 3.63) is 29.3 Å². The molecule has 2 unspecified atom stereocenters. The molecule has 0 N–H and O–H groups in total. The second kappa shape index (κ2) is 5.80. The van der Waals surface area contributed by atoms with Gasteiger partial charge in [0, 0.05) is 12.7 Å². The second-order valence-corrected chi connectivity index (χ2v) is 10.8. The summed E-state index contributed by atoms with van der Waals surface area (Å²) in [5.41, 5.74) is 1.07. The molecule has 1 aliphatic carbocycles. The summed E-state index contributed by atoms with van der Waals surface area (Å²) in [7, 11) is 1.49. The maximum absolute atomic E-state index is 9.81. The summed E-state index contributed by atoms with van der Waals surface area (Å²) in [5.74, 6) is 0.776. The largest absolute Gasteiger partial charge is 0.497 e. The molecule has 1 aromatic carbocycles. The maximum Gasteiger partial charge on any atom is 0.186 e. The zero-order valence-electron chi connectivity index (χ0n) is 13.4. The van der Waals surface area contributed by atoms with Gasteiger partial charge < -0.3 is 13.9 Å². The van der Waals surface area contributed by atoms with Gasteiger partial charge in [0.25, 0.3) is 0 Å². The molecule has 1 aliphatic rings. The van der Waals surface area contributed by atoms with Crippen LogP contribution in [0.1, 0.15) is 30.1 Å². The second-order valence-electron chi connectivity index (χ2n) is 6.37. The summed E-state index contributed by atoms with van der Waals surface area (Å²) in [6.45, 7) is 6.33. The third kappa shape index (κ3) is 3.13. The Morgan fingerprint density at radius 3 is 2.52 bits per heavy atom. The van der Waals surface area contributed by atoms with Crippen LogP contribution in [-0.2, 0) is 14.8 Å². The van der Waals surface area contributed by atoms with Crippen molar-refractivity contribution in [2.45, 2.75) is 44.2 Å². The summed E-state index contributed by atoms with van der Waals surface area (Å²) >= 11 is 0. The molecule has 2 rings (SSSR count). The topological polar surface area (TPSA) is 51.5 Å². The van der Waals surface area contributed by atoms with Crippen LogP contribution in [0.3, 0.4) is 0 Å². The highest BCUT2D eigenvalue weighted by Crippen LogP contribution is 2.46. The molecule has 0 radical (unpaired) electrons. The Labute approximate surface area is 127 Å². The number of benzene rings is 1. The van der Waals surface area contributed by atoms with Crippen molar-refractivity contribution in [1.82, 2.24) is 0 Å². The minimum Gasteiger partial charge on any atom is -0.497 e. The predicted octanol–water partition coefficient (Wildman–Crippen LogP) is 3.75. The van der Waals surface area contributed by atoms with Crippen LogP contribution in [0.5, 0.6) is 5.75 Å². The Balaban J connectivity index is 2.56. The molecule has 4 nitrogen and oxygen atoms in total. The number of methoxy groups -OCH3 is 2. The van der Waals surface area contributed by atoms with Crippen molar-refractivity contribution in [1.29, 1.82) is 5.26 Å². The molecule has 0 aromatic heterocycles. The molecule has 114 valence electrons. The summed E-state index contributed by atoms with van der Waals surface area (Å²) < 4.78 is 17.2. The van der Waals surface area contributed by atoms with Gasteiger partial charge >= 0.3 is 0 Å². The number of rotatable bonds is 4. The number of ether oxygens (including phenoxy) is 2. The van der Waals surface area contributed by atoms with Crippen LogP contribution in [0.15, 0.2) is 18.2 Å². The molecule has 2 atom stereocenters. The first kappa shape index (κ1) is 16.0. The predicted molar refractivity (Wildman–Crippen MR) is 83.7 cm³/mol. The highest BCUT2D eigenvalue weighted by atomic mass is 28.4. The average molecular weight is 305 g/mol. The third-order valence-electron chi connectivity index (χ3n) is 3.74. The molecule has 21 heavy (non-hydrogen) atoms. The Bertz CT molecular complexity index is 562. The van der Waals surface area contributed by atoms with E-state index < -0.39 is 13.9 Å². The van der Waals surface area contributed by atoms with Crippen molar-refractivity contribution in [3.63, 3.8) is 0 Å². The van der Waals surface area contributed by atoms with Crippen LogP contribution >= 0.6 is 0 Å². The molecular formula is C16H23NO3Si. The SMILES string of the molecule is COc1ccc2c(c1)C(OC)CCC2(C#N)O[Si](C)(C)C. The lowest BCUT2D eigenvalue weighted by atomic mass is 9.78. The fourth-order valence-electron chi connectivity index (χ4n) is 2.94. The minimum atomic E-state index is -1.86. The molecule has 0 saturated heterocycles. The van der Waals surface area contributed by atoms with Gasteiger partial charge in [-0.25, -0.2) is 0 Å². The van der Waals surface area contributed by atoms with Crippen LogP contribution in [0.2, 0.25) is 19.6 Å². The average Bonchev–Trinajstić information content (AvgIpc) is 2.45. The van der Waals surface area contributed by atoms with E-state index >= 15 is 0 Å². The first-order valence-corrected chi connectivity index (χ1v) is 10.6. The van der Waals surface area contributed by atoms with Crippen LogP contribution in [0, 0.1) is 11.3 Å². The van der Waals surface area contributed by atoms with Crippen molar-refractivity contribution >= 4 is 8.32 Å². The van der Waals surface area contributed by atoms with Crippen molar-refractivity contribution in [3.8, 4) is 11.8 Å². The highest BCUT2D eigenvalue weighted by molar-refractivity contribution is 6.69. The third-order valence-corrected chi connectivity index (χ3v) is 4.71. The number of fused-ring (bicyclic) bond motifs is 1. The van der Waals surface area contributed by atoms with Crippen molar-refractivity contribution in [2.75, 3.05) is 14.2 Å². The van der Waals surface area contributed by atoms with Crippen molar-refractivity contribution in [2.24, 2.45) is 0 Å². The molecule has 1 aromatic rings. The Kier molecular flexibility index (Phi) is 4.42. The van der Waals surface area contributed by atoms with Gasteiger partial charge in [-0.15, -0.1) is 0 Å². The molecule has 0 heterocycles. The normalized spacial score (nSPS) is 25.0. The number of hydrogen-bond acceptors (Lipinski definition) is 4. The molecule has 0 aliphatic heterocycles. The molecule has 0 bridgehead atoms. The molecule has 0 fully saturated rings. The lowest BCUT2D eigenvalue weighted by molar-refractivity contribution is 0.0308. The van der Waals surface area contributed by atoms with E-state index in [1.807, 2.05) is 18.2 Å². The highest BCUT2D eigenvalue weighted by Gasteiger charge is 2.44. The lowest BCUT2D eigenvalue weighted by Crippen LogP contribution is -2.42. The molecule has 0 spiro atoms. The van der Waals surface area contributed by atoms with E-state index in [2.05, 4.69) is 25.7 Å². The quantitative estimate of drug-likeness (QED) is 0.795. The lowest BCUT2D eigenvalue weighted by Gasteiger charge is -2.40. The molecular weight excluding hydrogens is 282 g/mol. The van der Waals surface area contributed by atoms with Gasteiger partial charge in [0.2, 0.25) is 0 Å². The number of hydrogen-bond donors (Lipinski definition) is 0. The Morgan fingerprint density at radius 2 is 2.00 bits per heavy atom. The van der Waals surface area contributed by atoms with E-state index in [9.17, 15) is 5.26 Å². The monoisotopic (exact) mass is 305 g/mol. The van der Waals surface area contributed by atoms with E-state index in [-0.39, 0.29) is 6.10 Å². The van der Waals surface area contributed by atoms with Crippen LogP contribution in [0.25, 0.3) is 0 Å². The zero-order valence-corrected chi connectivity index (χ0v) is 14.4. The van der Waals surface area contributed by atoms with Gasteiger partial charge in [-0.2, -0.15) is 5.26 Å². The van der Waals surface area contributed by atoms with Gasteiger partial charge in [-0.1, -0.05) is 6.07 Å². The fourth-order valence-corrected chi connectivity index (χ4v) is 4.24. The van der Waals surface area contributed by atoms with Crippen molar-refractivity contribution < 1.29 is 13.9 Å². The van der Waals surface area contributed by atoms with Crippen LogP contribution in [0.4, 0.5) is 0 Å². The van der Waals surface area contributed by atoms with E-state index in [4.69, 9.17) is 13.9 Å². The smallest absolute Gasteiger partial charge is 0.186 e. The summed E-state index contributed by atoms with van der Waals surface area (Å²) in [5, 5.41) is 9.81. The number of nitrogens with zero attached hydrogens (tertiary/aromatic N) is 1. The Morgan fingerprint density at radius 1 is 1.29 bits per heavy atom. The van der Waals surface area contributed by atoms with E-state index in [1.54, 1.807) is 14.2 Å². The number of nitriles is 1.